The Morgan fingerprint density at radius 2 is 2.15 bits per heavy atom. The molecule has 13 heavy (non-hydrogen) atoms. The van der Waals surface area contributed by atoms with Crippen LogP contribution < -0.4 is 5.73 Å². The van der Waals surface area contributed by atoms with Gasteiger partial charge in [0.1, 0.15) is 5.82 Å². The first-order chi connectivity index (χ1) is 6.04. The smallest absolute Gasteiger partial charge is 0.136 e. The van der Waals surface area contributed by atoms with Gasteiger partial charge in [0.15, 0.2) is 0 Å². The average molecular weight is 295 g/mol. The third kappa shape index (κ3) is 2.38. The summed E-state index contributed by atoms with van der Waals surface area (Å²) < 4.78 is 13.5. The summed E-state index contributed by atoms with van der Waals surface area (Å²) in [6.45, 7) is 1.59. The largest absolute Gasteiger partial charge is 0.391 e. The minimum Gasteiger partial charge on any atom is -0.391 e. The Kier molecular flexibility index (Phi) is 3.63. The number of hydrogen-bond donors (Lipinski definition) is 2. The quantitative estimate of drug-likeness (QED) is 0.817. The van der Waals surface area contributed by atoms with Crippen molar-refractivity contribution in [1.29, 1.82) is 0 Å². The van der Waals surface area contributed by atoms with Crippen molar-refractivity contribution >= 4 is 22.6 Å². The molecule has 0 aliphatic heterocycles. The zero-order valence-electron chi connectivity index (χ0n) is 7.17. The van der Waals surface area contributed by atoms with Gasteiger partial charge in [0.2, 0.25) is 0 Å². The van der Waals surface area contributed by atoms with Crippen LogP contribution in [-0.2, 0) is 0 Å². The van der Waals surface area contributed by atoms with Gasteiger partial charge >= 0.3 is 0 Å². The van der Waals surface area contributed by atoms with Gasteiger partial charge in [-0.05, 0) is 41.1 Å². The van der Waals surface area contributed by atoms with Gasteiger partial charge in [-0.25, -0.2) is 4.39 Å². The van der Waals surface area contributed by atoms with Crippen LogP contribution in [0.15, 0.2) is 18.2 Å². The normalized spacial score (nSPS) is 15.5. The molecule has 1 aromatic rings. The Hall–Kier alpha value is -0.200. The molecule has 0 radical (unpaired) electrons. The molecule has 0 heterocycles. The van der Waals surface area contributed by atoms with Crippen LogP contribution in [0.5, 0.6) is 0 Å². The molecule has 0 fully saturated rings. The molecule has 1 rings (SSSR count). The van der Waals surface area contributed by atoms with Gasteiger partial charge in [-0.1, -0.05) is 12.1 Å². The Labute approximate surface area is 90.1 Å². The number of nitrogens with two attached hydrogens (primary N) is 1. The fourth-order valence-electron chi connectivity index (χ4n) is 1.04. The zero-order valence-corrected chi connectivity index (χ0v) is 9.32. The molecular formula is C9H11FINO. The number of aliphatic hydroxyl groups excluding tert-OH is 1. The molecule has 0 saturated carbocycles. The van der Waals surface area contributed by atoms with Crippen LogP contribution in [-0.4, -0.2) is 11.2 Å². The van der Waals surface area contributed by atoms with Gasteiger partial charge in [-0.3, -0.25) is 0 Å². The monoisotopic (exact) mass is 295 g/mol. The summed E-state index contributed by atoms with van der Waals surface area (Å²) in [5.41, 5.74) is 6.33. The van der Waals surface area contributed by atoms with Gasteiger partial charge in [0.25, 0.3) is 0 Å². The lowest BCUT2D eigenvalue weighted by molar-refractivity contribution is 0.164. The van der Waals surface area contributed by atoms with E-state index in [1.807, 2.05) is 22.6 Å². The van der Waals surface area contributed by atoms with E-state index >= 15 is 0 Å². The summed E-state index contributed by atoms with van der Waals surface area (Å²) in [6.07, 6.45) is -0.671. The molecule has 0 spiro atoms. The van der Waals surface area contributed by atoms with E-state index in [2.05, 4.69) is 0 Å². The van der Waals surface area contributed by atoms with E-state index in [9.17, 15) is 9.50 Å². The molecule has 0 aliphatic rings. The number of rotatable bonds is 2. The van der Waals surface area contributed by atoms with E-state index in [4.69, 9.17) is 5.73 Å². The lowest BCUT2D eigenvalue weighted by Gasteiger charge is -2.16. The maximum atomic E-state index is 13.1. The first-order valence-corrected chi connectivity index (χ1v) is 4.99. The molecule has 0 amide bonds. The van der Waals surface area contributed by atoms with Crippen LogP contribution >= 0.6 is 22.6 Å². The molecule has 4 heteroatoms. The predicted molar refractivity (Wildman–Crippen MR) is 57.7 cm³/mol. The third-order valence-corrected chi connectivity index (χ3v) is 3.00. The van der Waals surface area contributed by atoms with E-state index in [0.29, 0.717) is 9.13 Å². The minimum atomic E-state index is -0.671. The van der Waals surface area contributed by atoms with Crippen molar-refractivity contribution < 1.29 is 9.50 Å². The molecule has 0 aliphatic carbocycles. The van der Waals surface area contributed by atoms with Gasteiger partial charge in [0.05, 0.1) is 15.7 Å². The highest BCUT2D eigenvalue weighted by Crippen LogP contribution is 2.22. The second-order valence-electron chi connectivity index (χ2n) is 2.91. The van der Waals surface area contributed by atoms with Crippen molar-refractivity contribution in [2.75, 3.05) is 0 Å². The molecule has 0 aromatic heterocycles. The molecule has 0 bridgehead atoms. The van der Waals surface area contributed by atoms with Crippen molar-refractivity contribution in [3.05, 3.63) is 33.1 Å². The van der Waals surface area contributed by atoms with E-state index in [0.717, 1.165) is 0 Å². The van der Waals surface area contributed by atoms with E-state index in [1.54, 1.807) is 19.1 Å². The maximum Gasteiger partial charge on any atom is 0.136 e. The molecule has 2 nitrogen and oxygen atoms in total. The Morgan fingerprint density at radius 3 is 2.69 bits per heavy atom. The molecule has 1 aromatic carbocycles. The lowest BCUT2D eigenvalue weighted by Crippen LogP contribution is -2.24. The molecule has 72 valence electrons. The highest BCUT2D eigenvalue weighted by Gasteiger charge is 2.16. The average Bonchev–Trinajstić information content (AvgIpc) is 2.08. The number of benzene rings is 1. The predicted octanol–water partition coefficient (Wildman–Crippen LogP) is 1.81. The number of hydrogen-bond acceptors (Lipinski definition) is 2. The van der Waals surface area contributed by atoms with Crippen molar-refractivity contribution in [3.63, 3.8) is 0 Å². The topological polar surface area (TPSA) is 46.2 Å². The highest BCUT2D eigenvalue weighted by atomic mass is 127. The van der Waals surface area contributed by atoms with Crippen LogP contribution in [0.1, 0.15) is 18.5 Å². The van der Waals surface area contributed by atoms with Crippen LogP contribution in [0.2, 0.25) is 0 Å². The van der Waals surface area contributed by atoms with Crippen LogP contribution in [0.3, 0.4) is 0 Å². The Morgan fingerprint density at radius 1 is 1.54 bits per heavy atom. The first-order valence-electron chi connectivity index (χ1n) is 3.91. The van der Waals surface area contributed by atoms with Gasteiger partial charge < -0.3 is 10.8 Å². The summed E-state index contributed by atoms with van der Waals surface area (Å²) >= 11 is 1.89. The molecular weight excluding hydrogens is 284 g/mol. The second kappa shape index (κ2) is 4.34. The summed E-state index contributed by atoms with van der Waals surface area (Å²) in [5, 5.41) is 9.24. The van der Waals surface area contributed by atoms with E-state index in [-0.39, 0.29) is 5.82 Å². The van der Waals surface area contributed by atoms with Crippen molar-refractivity contribution in [1.82, 2.24) is 0 Å². The SMILES string of the molecule is CC(O)[C@@H](N)c1cccc(F)c1I. The fraction of sp³-hybridized carbons (Fsp3) is 0.333. The second-order valence-corrected chi connectivity index (χ2v) is 3.99. The third-order valence-electron chi connectivity index (χ3n) is 1.86. The highest BCUT2D eigenvalue weighted by molar-refractivity contribution is 14.1. The molecule has 0 saturated heterocycles. The van der Waals surface area contributed by atoms with Crippen molar-refractivity contribution in [2.45, 2.75) is 19.1 Å². The molecule has 2 atom stereocenters. The number of halogens is 2. The van der Waals surface area contributed by atoms with E-state index < -0.39 is 12.1 Å². The summed E-state index contributed by atoms with van der Waals surface area (Å²) in [6, 6.07) is 4.17. The van der Waals surface area contributed by atoms with Gasteiger partial charge in [-0.2, -0.15) is 0 Å². The van der Waals surface area contributed by atoms with E-state index in [1.165, 1.54) is 6.07 Å². The molecule has 1 unspecified atom stereocenters. The zero-order chi connectivity index (χ0) is 10.0. The lowest BCUT2D eigenvalue weighted by atomic mass is 10.0. The van der Waals surface area contributed by atoms with Crippen molar-refractivity contribution in [2.24, 2.45) is 5.73 Å². The molecule has 3 N–H and O–H groups in total. The summed E-state index contributed by atoms with van der Waals surface area (Å²) in [7, 11) is 0. The standard InChI is InChI=1S/C9H11FINO/c1-5(13)9(12)6-3-2-4-7(10)8(6)11/h2-5,9,13H,12H2,1H3/t5?,9-/m1/s1. The maximum absolute atomic E-state index is 13.1. The van der Waals surface area contributed by atoms with Crippen LogP contribution in [0.25, 0.3) is 0 Å². The van der Waals surface area contributed by atoms with Gasteiger partial charge in [0, 0.05) is 0 Å². The summed E-state index contributed by atoms with van der Waals surface area (Å²) in [5.74, 6) is -0.297. The van der Waals surface area contributed by atoms with Crippen LogP contribution in [0, 0.1) is 9.39 Å². The van der Waals surface area contributed by atoms with Crippen LogP contribution in [0.4, 0.5) is 4.39 Å². The van der Waals surface area contributed by atoms with Gasteiger partial charge in [-0.15, -0.1) is 0 Å². The summed E-state index contributed by atoms with van der Waals surface area (Å²) in [4.78, 5) is 0. The Balaban J connectivity index is 3.07. The van der Waals surface area contributed by atoms with Crippen molar-refractivity contribution in [3.8, 4) is 0 Å². The Bertz CT molecular complexity index is 304. The number of aliphatic hydroxyl groups is 1. The fourth-order valence-corrected chi connectivity index (χ4v) is 1.76. The first kappa shape index (κ1) is 10.9. The minimum absolute atomic E-state index is 0.297.